The van der Waals surface area contributed by atoms with Gasteiger partial charge in [-0.1, -0.05) is 12.1 Å². The number of piperazine rings is 1. The lowest BCUT2D eigenvalue weighted by Gasteiger charge is -2.41. The molecule has 0 N–H and O–H groups in total. The second-order valence-corrected chi connectivity index (χ2v) is 10.5. The van der Waals surface area contributed by atoms with Crippen LogP contribution in [0.2, 0.25) is 0 Å². The Bertz CT molecular complexity index is 1010. The lowest BCUT2D eigenvalue weighted by molar-refractivity contribution is -0.142. The van der Waals surface area contributed by atoms with Gasteiger partial charge in [-0.05, 0) is 93.1 Å². The normalized spacial score (nSPS) is 17.5. The molecule has 2 aromatic rings. The van der Waals surface area contributed by atoms with Crippen molar-refractivity contribution in [2.24, 2.45) is 0 Å². The zero-order valence-corrected chi connectivity index (χ0v) is 21.8. The Labute approximate surface area is 208 Å². The third-order valence-electron chi connectivity index (χ3n) is 5.36. The van der Waals surface area contributed by atoms with Gasteiger partial charge in [0.05, 0.1) is 0 Å². The van der Waals surface area contributed by atoms with E-state index in [1.807, 2.05) is 39.8 Å². The maximum atomic E-state index is 14.3. The van der Waals surface area contributed by atoms with E-state index in [1.165, 1.54) is 6.07 Å². The summed E-state index contributed by atoms with van der Waals surface area (Å²) in [5, 5.41) is 0. The molecule has 1 aliphatic rings. The van der Waals surface area contributed by atoms with E-state index in [0.29, 0.717) is 36.5 Å². The molecular formula is C25H30FIN2O4. The Morgan fingerprint density at radius 2 is 1.79 bits per heavy atom. The zero-order chi connectivity index (χ0) is 24.3. The molecule has 2 amide bonds. The highest BCUT2D eigenvalue weighted by Crippen LogP contribution is 2.27. The molecule has 0 aromatic heterocycles. The van der Waals surface area contributed by atoms with Crippen molar-refractivity contribution >= 4 is 34.6 Å². The number of amides is 2. The summed E-state index contributed by atoms with van der Waals surface area (Å²) >= 11 is 2.19. The van der Waals surface area contributed by atoms with Crippen molar-refractivity contribution in [3.8, 4) is 5.75 Å². The molecule has 6 nitrogen and oxygen atoms in total. The van der Waals surface area contributed by atoms with Gasteiger partial charge >= 0.3 is 6.09 Å². The van der Waals surface area contributed by atoms with Crippen molar-refractivity contribution in [1.29, 1.82) is 0 Å². The molecule has 3 rings (SSSR count). The largest absolute Gasteiger partial charge is 0.476 e. The van der Waals surface area contributed by atoms with Gasteiger partial charge in [-0.2, -0.15) is 0 Å². The Morgan fingerprint density at radius 1 is 1.12 bits per heavy atom. The molecule has 8 heteroatoms. The van der Waals surface area contributed by atoms with E-state index in [4.69, 9.17) is 9.47 Å². The highest BCUT2D eigenvalue weighted by atomic mass is 127. The van der Waals surface area contributed by atoms with E-state index in [1.54, 1.807) is 41.0 Å². The Morgan fingerprint density at radius 3 is 2.36 bits per heavy atom. The first-order valence-electron chi connectivity index (χ1n) is 10.9. The van der Waals surface area contributed by atoms with Gasteiger partial charge in [0.15, 0.2) is 0 Å². The average Bonchev–Trinajstić information content (AvgIpc) is 2.73. The van der Waals surface area contributed by atoms with Gasteiger partial charge in [0, 0.05) is 34.8 Å². The molecular weight excluding hydrogens is 538 g/mol. The maximum absolute atomic E-state index is 14.3. The predicted octanol–water partition coefficient (Wildman–Crippen LogP) is 5.33. The molecule has 1 fully saturated rings. The maximum Gasteiger partial charge on any atom is 0.410 e. The molecule has 0 saturated carbocycles. The smallest absolute Gasteiger partial charge is 0.410 e. The minimum Gasteiger partial charge on any atom is -0.476 e. The third-order valence-corrected chi connectivity index (χ3v) is 6.08. The van der Waals surface area contributed by atoms with E-state index >= 15 is 0 Å². The van der Waals surface area contributed by atoms with Crippen LogP contribution in [-0.4, -0.2) is 53.1 Å². The molecule has 0 bridgehead atoms. The fourth-order valence-corrected chi connectivity index (χ4v) is 3.96. The van der Waals surface area contributed by atoms with E-state index in [-0.39, 0.29) is 17.8 Å². The SMILES string of the molecule is Cc1ccc(C(Oc2ccc(I)cc2)C(=O)N2CCN(C(=O)OC(C)(C)C)[C@H](C)C2)cc1F. The number of rotatable bonds is 4. The second kappa shape index (κ2) is 10.3. The molecule has 0 radical (unpaired) electrons. The highest BCUT2D eigenvalue weighted by Gasteiger charge is 2.36. The number of carbonyl (C=O) groups is 2. The van der Waals surface area contributed by atoms with Gasteiger partial charge in [0.1, 0.15) is 17.2 Å². The van der Waals surface area contributed by atoms with Gasteiger partial charge in [0.25, 0.3) is 5.91 Å². The molecule has 1 aliphatic heterocycles. The quantitative estimate of drug-likeness (QED) is 0.469. The summed E-state index contributed by atoms with van der Waals surface area (Å²) in [5.41, 5.74) is 0.355. The molecule has 0 aliphatic carbocycles. The summed E-state index contributed by atoms with van der Waals surface area (Å²) in [6.07, 6.45) is -1.39. The summed E-state index contributed by atoms with van der Waals surface area (Å²) in [6, 6.07) is 11.8. The topological polar surface area (TPSA) is 59.1 Å². The Balaban J connectivity index is 1.80. The summed E-state index contributed by atoms with van der Waals surface area (Å²) in [7, 11) is 0. The van der Waals surface area contributed by atoms with Crippen LogP contribution in [0, 0.1) is 16.3 Å². The van der Waals surface area contributed by atoms with Crippen molar-refractivity contribution in [1.82, 2.24) is 9.80 Å². The molecule has 1 saturated heterocycles. The van der Waals surface area contributed by atoms with Crippen molar-refractivity contribution in [3.05, 3.63) is 63.0 Å². The predicted molar refractivity (Wildman–Crippen MR) is 133 cm³/mol. The molecule has 178 valence electrons. The first-order chi connectivity index (χ1) is 15.4. The number of nitrogens with zero attached hydrogens (tertiary/aromatic N) is 2. The zero-order valence-electron chi connectivity index (χ0n) is 19.6. The first kappa shape index (κ1) is 25.3. The van der Waals surface area contributed by atoms with Gasteiger partial charge in [-0.25, -0.2) is 9.18 Å². The third kappa shape index (κ3) is 6.59. The van der Waals surface area contributed by atoms with E-state index in [9.17, 15) is 14.0 Å². The fourth-order valence-electron chi connectivity index (χ4n) is 3.60. The number of halogens is 2. The number of benzene rings is 2. The lowest BCUT2D eigenvalue weighted by atomic mass is 10.0. The van der Waals surface area contributed by atoms with E-state index in [0.717, 1.165) is 3.57 Å². The highest BCUT2D eigenvalue weighted by molar-refractivity contribution is 14.1. The number of hydrogen-bond donors (Lipinski definition) is 0. The summed E-state index contributed by atoms with van der Waals surface area (Å²) < 4.78 is 26.9. The van der Waals surface area contributed by atoms with Crippen LogP contribution in [0.5, 0.6) is 5.75 Å². The van der Waals surface area contributed by atoms with E-state index in [2.05, 4.69) is 22.6 Å². The van der Waals surface area contributed by atoms with Crippen LogP contribution >= 0.6 is 22.6 Å². The van der Waals surface area contributed by atoms with Gasteiger partial charge in [0.2, 0.25) is 6.10 Å². The monoisotopic (exact) mass is 568 g/mol. The van der Waals surface area contributed by atoms with Gasteiger partial charge < -0.3 is 19.3 Å². The van der Waals surface area contributed by atoms with Crippen molar-refractivity contribution in [3.63, 3.8) is 0 Å². The van der Waals surface area contributed by atoms with Crippen LogP contribution < -0.4 is 4.74 Å². The number of hydrogen-bond acceptors (Lipinski definition) is 4. The van der Waals surface area contributed by atoms with Crippen LogP contribution in [0.15, 0.2) is 42.5 Å². The number of ether oxygens (including phenoxy) is 2. The number of carbonyl (C=O) groups excluding carboxylic acids is 2. The van der Waals surface area contributed by atoms with Crippen LogP contribution in [0.25, 0.3) is 0 Å². The Kier molecular flexibility index (Phi) is 7.87. The fraction of sp³-hybridized carbons (Fsp3) is 0.440. The Hall–Kier alpha value is -2.36. The van der Waals surface area contributed by atoms with Crippen molar-refractivity contribution in [2.75, 3.05) is 19.6 Å². The van der Waals surface area contributed by atoms with E-state index < -0.39 is 17.8 Å². The van der Waals surface area contributed by atoms with Crippen molar-refractivity contribution < 1.29 is 23.5 Å². The molecule has 2 atom stereocenters. The minimum absolute atomic E-state index is 0.230. The second-order valence-electron chi connectivity index (χ2n) is 9.27. The van der Waals surface area contributed by atoms with Gasteiger partial charge in [-0.15, -0.1) is 0 Å². The van der Waals surface area contributed by atoms with Crippen LogP contribution in [-0.2, 0) is 9.53 Å². The number of aryl methyl sites for hydroxylation is 1. The summed E-state index contributed by atoms with van der Waals surface area (Å²) in [6.45, 7) is 10.0. The van der Waals surface area contributed by atoms with Crippen LogP contribution in [0.4, 0.5) is 9.18 Å². The molecule has 33 heavy (non-hydrogen) atoms. The summed E-state index contributed by atoms with van der Waals surface area (Å²) in [5.74, 6) is -0.137. The minimum atomic E-state index is -1.000. The average molecular weight is 568 g/mol. The van der Waals surface area contributed by atoms with Crippen molar-refractivity contribution in [2.45, 2.75) is 52.4 Å². The molecule has 0 spiro atoms. The lowest BCUT2D eigenvalue weighted by Crippen LogP contribution is -2.57. The molecule has 1 heterocycles. The van der Waals surface area contributed by atoms with Crippen LogP contribution in [0.1, 0.15) is 44.9 Å². The first-order valence-corrected chi connectivity index (χ1v) is 12.0. The molecule has 1 unspecified atom stereocenters. The standard InChI is InChI=1S/C25H30FIN2O4/c1-16-6-7-18(14-21(16)26)22(32-20-10-8-19(27)9-11-20)23(30)28-12-13-29(17(2)15-28)24(31)33-25(3,4)5/h6-11,14,17,22H,12-13,15H2,1-5H3/t17-,22?/m1/s1. The summed E-state index contributed by atoms with van der Waals surface area (Å²) in [4.78, 5) is 29.4. The molecule has 2 aromatic carbocycles. The van der Waals surface area contributed by atoms with Gasteiger partial charge in [-0.3, -0.25) is 4.79 Å². The van der Waals surface area contributed by atoms with Crippen LogP contribution in [0.3, 0.4) is 0 Å².